The van der Waals surface area contributed by atoms with Crippen molar-refractivity contribution in [1.82, 2.24) is 20.2 Å². The highest BCUT2D eigenvalue weighted by molar-refractivity contribution is 5.87. The van der Waals surface area contributed by atoms with Crippen molar-refractivity contribution in [2.24, 2.45) is 11.8 Å². The van der Waals surface area contributed by atoms with Gasteiger partial charge in [-0.2, -0.15) is 15.1 Å². The third-order valence-corrected chi connectivity index (χ3v) is 3.59. The second kappa shape index (κ2) is 5.00. The number of rotatable bonds is 6. The lowest BCUT2D eigenvalue weighted by atomic mass is 10.1. The molecule has 2 aromatic heterocycles. The Balaban J connectivity index is 1.86. The van der Waals surface area contributed by atoms with Gasteiger partial charge in [0.1, 0.15) is 5.82 Å². The molecule has 102 valence electrons. The van der Waals surface area contributed by atoms with Gasteiger partial charge in [-0.05, 0) is 18.8 Å². The Morgan fingerprint density at radius 2 is 2.32 bits per heavy atom. The van der Waals surface area contributed by atoms with E-state index in [1.165, 1.54) is 19.3 Å². The summed E-state index contributed by atoms with van der Waals surface area (Å²) < 4.78 is 0. The lowest BCUT2D eigenvalue weighted by Gasteiger charge is -2.18. The molecule has 0 aromatic carbocycles. The van der Waals surface area contributed by atoms with E-state index in [0.29, 0.717) is 17.6 Å². The van der Waals surface area contributed by atoms with Gasteiger partial charge in [0.2, 0.25) is 5.95 Å². The Bertz CT molecular complexity index is 560. The SMILES string of the molecule is CCC(CC1CC1)Nc1nc(NN)nc2[nH]ncc12. The highest BCUT2D eigenvalue weighted by Crippen LogP contribution is 2.35. The molecule has 7 heteroatoms. The van der Waals surface area contributed by atoms with Crippen LogP contribution >= 0.6 is 0 Å². The molecule has 0 aliphatic heterocycles. The van der Waals surface area contributed by atoms with Crippen LogP contribution in [0.25, 0.3) is 11.0 Å². The predicted octanol–water partition coefficient (Wildman–Crippen LogP) is 1.63. The lowest BCUT2D eigenvalue weighted by molar-refractivity contribution is 0.585. The maximum atomic E-state index is 5.40. The molecule has 2 aromatic rings. The minimum Gasteiger partial charge on any atom is -0.367 e. The van der Waals surface area contributed by atoms with Gasteiger partial charge >= 0.3 is 0 Å². The molecule has 0 amide bonds. The smallest absolute Gasteiger partial charge is 0.241 e. The standard InChI is InChI=1S/C12H19N7/c1-2-8(5-7-3-4-7)15-10-9-6-14-19-11(9)17-12(16-10)18-13/h6-8H,2-5,13H2,1H3,(H3,14,15,16,17,18,19). The molecule has 3 rings (SSSR count). The Kier molecular flexibility index (Phi) is 3.20. The number of H-pyrrole nitrogens is 1. The van der Waals surface area contributed by atoms with Crippen molar-refractivity contribution < 1.29 is 0 Å². The molecule has 1 aliphatic carbocycles. The average molecular weight is 261 g/mol. The first kappa shape index (κ1) is 12.2. The van der Waals surface area contributed by atoms with Crippen LogP contribution in [-0.2, 0) is 0 Å². The van der Waals surface area contributed by atoms with Gasteiger partial charge in [-0.25, -0.2) is 5.84 Å². The number of aromatic nitrogens is 4. The quantitative estimate of drug-likeness (QED) is 0.465. The zero-order chi connectivity index (χ0) is 13.2. The summed E-state index contributed by atoms with van der Waals surface area (Å²) in [6.45, 7) is 2.19. The summed E-state index contributed by atoms with van der Waals surface area (Å²) in [5.41, 5.74) is 3.17. The molecule has 2 heterocycles. The van der Waals surface area contributed by atoms with Crippen molar-refractivity contribution in [2.45, 2.75) is 38.6 Å². The summed E-state index contributed by atoms with van der Waals surface area (Å²) in [7, 11) is 0. The van der Waals surface area contributed by atoms with Crippen LogP contribution in [0.1, 0.15) is 32.6 Å². The number of hydrogen-bond acceptors (Lipinski definition) is 6. The third-order valence-electron chi connectivity index (χ3n) is 3.59. The van der Waals surface area contributed by atoms with Gasteiger partial charge in [-0.3, -0.25) is 10.5 Å². The number of nitrogens with zero attached hydrogens (tertiary/aromatic N) is 3. The van der Waals surface area contributed by atoms with Gasteiger partial charge in [-0.1, -0.05) is 19.8 Å². The van der Waals surface area contributed by atoms with Gasteiger partial charge in [0, 0.05) is 6.04 Å². The number of nitrogens with two attached hydrogens (primary N) is 1. The van der Waals surface area contributed by atoms with Crippen LogP contribution in [-0.4, -0.2) is 26.2 Å². The fourth-order valence-corrected chi connectivity index (χ4v) is 2.29. The van der Waals surface area contributed by atoms with E-state index in [-0.39, 0.29) is 0 Å². The van der Waals surface area contributed by atoms with Gasteiger partial charge in [-0.15, -0.1) is 0 Å². The number of hydrogen-bond donors (Lipinski definition) is 4. The van der Waals surface area contributed by atoms with Gasteiger partial charge in [0.25, 0.3) is 0 Å². The topological polar surface area (TPSA) is 105 Å². The first-order valence-electron chi connectivity index (χ1n) is 6.74. The average Bonchev–Trinajstić information content (AvgIpc) is 3.11. The Morgan fingerprint density at radius 1 is 1.47 bits per heavy atom. The summed E-state index contributed by atoms with van der Waals surface area (Å²) in [6, 6.07) is 0.436. The normalized spacial score (nSPS) is 16.5. The molecule has 1 unspecified atom stereocenters. The molecule has 19 heavy (non-hydrogen) atoms. The van der Waals surface area contributed by atoms with Crippen LogP contribution in [0.4, 0.5) is 11.8 Å². The number of anilines is 2. The highest BCUT2D eigenvalue weighted by atomic mass is 15.3. The van der Waals surface area contributed by atoms with Gasteiger partial charge in [0.15, 0.2) is 5.65 Å². The fourth-order valence-electron chi connectivity index (χ4n) is 2.29. The summed E-state index contributed by atoms with van der Waals surface area (Å²) in [4.78, 5) is 8.60. The zero-order valence-corrected chi connectivity index (χ0v) is 11.0. The van der Waals surface area contributed by atoms with Crippen LogP contribution in [0, 0.1) is 5.92 Å². The molecule has 7 nitrogen and oxygen atoms in total. The van der Waals surface area contributed by atoms with Crippen LogP contribution in [0.15, 0.2) is 6.20 Å². The first-order chi connectivity index (χ1) is 9.30. The predicted molar refractivity (Wildman–Crippen MR) is 74.5 cm³/mol. The van der Waals surface area contributed by atoms with Crippen molar-refractivity contribution in [3.05, 3.63) is 6.20 Å². The Morgan fingerprint density at radius 3 is 3.00 bits per heavy atom. The van der Waals surface area contributed by atoms with E-state index in [9.17, 15) is 0 Å². The highest BCUT2D eigenvalue weighted by Gasteiger charge is 2.25. The maximum Gasteiger partial charge on any atom is 0.241 e. The third kappa shape index (κ3) is 2.60. The van der Waals surface area contributed by atoms with E-state index < -0.39 is 0 Å². The molecule has 1 aliphatic rings. The summed E-state index contributed by atoms with van der Waals surface area (Å²) in [5, 5.41) is 11.2. The van der Waals surface area contributed by atoms with E-state index >= 15 is 0 Å². The molecule has 5 N–H and O–H groups in total. The van der Waals surface area contributed by atoms with Gasteiger partial charge < -0.3 is 5.32 Å². The van der Waals surface area contributed by atoms with Crippen molar-refractivity contribution in [1.29, 1.82) is 0 Å². The van der Waals surface area contributed by atoms with Crippen molar-refractivity contribution >= 4 is 22.8 Å². The molecular formula is C12H19N7. The van der Waals surface area contributed by atoms with Crippen LogP contribution in [0.3, 0.4) is 0 Å². The van der Waals surface area contributed by atoms with Crippen molar-refractivity contribution in [2.75, 3.05) is 10.7 Å². The van der Waals surface area contributed by atoms with E-state index in [2.05, 4.69) is 37.8 Å². The second-order valence-electron chi connectivity index (χ2n) is 5.10. The van der Waals surface area contributed by atoms with E-state index in [0.717, 1.165) is 23.5 Å². The molecule has 0 radical (unpaired) electrons. The summed E-state index contributed by atoms with van der Waals surface area (Å²) >= 11 is 0. The van der Waals surface area contributed by atoms with Crippen LogP contribution in [0.5, 0.6) is 0 Å². The van der Waals surface area contributed by atoms with Gasteiger partial charge in [0.05, 0.1) is 11.6 Å². The number of nitrogens with one attached hydrogen (secondary N) is 3. The molecule has 0 spiro atoms. The van der Waals surface area contributed by atoms with Crippen LogP contribution in [0.2, 0.25) is 0 Å². The summed E-state index contributed by atoms with van der Waals surface area (Å²) in [6.07, 6.45) is 6.73. The lowest BCUT2D eigenvalue weighted by Crippen LogP contribution is -2.21. The van der Waals surface area contributed by atoms with Crippen LogP contribution < -0.4 is 16.6 Å². The van der Waals surface area contributed by atoms with E-state index in [1.807, 2.05) is 0 Å². The van der Waals surface area contributed by atoms with E-state index in [4.69, 9.17) is 5.84 Å². The zero-order valence-electron chi connectivity index (χ0n) is 11.0. The second-order valence-corrected chi connectivity index (χ2v) is 5.10. The van der Waals surface area contributed by atoms with Crippen molar-refractivity contribution in [3.8, 4) is 0 Å². The molecule has 0 saturated heterocycles. The molecular weight excluding hydrogens is 242 g/mol. The molecule has 1 atom stereocenters. The molecule has 1 saturated carbocycles. The van der Waals surface area contributed by atoms with Crippen molar-refractivity contribution in [3.63, 3.8) is 0 Å². The molecule has 0 bridgehead atoms. The number of hydrazine groups is 1. The number of fused-ring (bicyclic) bond motifs is 1. The minimum absolute atomic E-state index is 0.389. The minimum atomic E-state index is 0.389. The van der Waals surface area contributed by atoms with E-state index in [1.54, 1.807) is 6.20 Å². The first-order valence-corrected chi connectivity index (χ1v) is 6.74. The number of aromatic amines is 1. The molecule has 1 fully saturated rings. The Hall–Kier alpha value is -1.89. The fraction of sp³-hybridized carbons (Fsp3) is 0.583. The summed E-state index contributed by atoms with van der Waals surface area (Å²) in [5.74, 6) is 7.46. The number of nitrogen functional groups attached to an aromatic ring is 1. The Labute approximate surface area is 111 Å². The monoisotopic (exact) mass is 261 g/mol. The maximum absolute atomic E-state index is 5.40. The largest absolute Gasteiger partial charge is 0.367 e.